The molecule has 1 aromatic heterocycles. The lowest BCUT2D eigenvalue weighted by Gasteiger charge is -2.39. The molecule has 10 rings (SSSR count). The molecule has 45 heavy (non-hydrogen) atoms. The van der Waals surface area contributed by atoms with E-state index in [1.165, 1.54) is 60.9 Å². The van der Waals surface area contributed by atoms with E-state index in [-0.39, 0.29) is 0 Å². The fourth-order valence-corrected chi connectivity index (χ4v) is 8.30. The zero-order valence-corrected chi connectivity index (χ0v) is 24.6. The number of fused-ring (bicyclic) bond motifs is 12. The molecule has 0 amide bonds. The number of aromatic nitrogens is 1. The Morgan fingerprint density at radius 3 is 1.62 bits per heavy atom. The summed E-state index contributed by atoms with van der Waals surface area (Å²) in [7, 11) is 0. The second-order valence-electron chi connectivity index (χ2n) is 12.1. The van der Waals surface area contributed by atoms with Crippen LogP contribution in [0.5, 0.6) is 0 Å². The highest BCUT2D eigenvalue weighted by molar-refractivity contribution is 6.14. The van der Waals surface area contributed by atoms with E-state index in [9.17, 15) is 0 Å². The van der Waals surface area contributed by atoms with Crippen molar-refractivity contribution in [1.29, 1.82) is 0 Å². The number of hydrogen-bond acceptors (Lipinski definition) is 1. The molecule has 210 valence electrons. The SMILES string of the molecule is c1ccc(N(c2ccccc2)c2ccc3c(c2)c2cccc4c2n3-c2ccccc2C42c3ccccc3-c3ccccc32)cc1. The molecule has 2 aliphatic rings. The fraction of sp³-hybridized carbons (Fsp3) is 0.0233. The first-order chi connectivity index (χ1) is 22.4. The lowest BCUT2D eigenvalue weighted by molar-refractivity contribution is 0.748. The topological polar surface area (TPSA) is 8.17 Å². The predicted molar refractivity (Wildman–Crippen MR) is 186 cm³/mol. The molecule has 1 aliphatic heterocycles. The Morgan fingerprint density at radius 2 is 0.956 bits per heavy atom. The summed E-state index contributed by atoms with van der Waals surface area (Å²) in [5, 5.41) is 2.54. The van der Waals surface area contributed by atoms with Gasteiger partial charge >= 0.3 is 0 Å². The van der Waals surface area contributed by atoms with Crippen molar-refractivity contribution in [2.75, 3.05) is 4.90 Å². The Labute approximate surface area is 262 Å². The zero-order valence-electron chi connectivity index (χ0n) is 24.6. The van der Waals surface area contributed by atoms with Gasteiger partial charge in [-0.05, 0) is 81.9 Å². The van der Waals surface area contributed by atoms with Crippen LogP contribution in [0.25, 0.3) is 38.6 Å². The molecule has 8 aromatic rings. The van der Waals surface area contributed by atoms with Crippen LogP contribution in [0.15, 0.2) is 170 Å². The molecule has 2 heterocycles. The standard InChI is InChI=1S/C43H28N2/c1-3-14-29(15-4-1)44(30-16-5-2-6-17-30)31-26-27-40-35(28-31)34-20-13-24-39-42(34)45(40)41-25-12-11-23-38(41)43(39)36-21-9-7-18-32(36)33-19-8-10-22-37(33)43/h1-28H. The quantitative estimate of drug-likeness (QED) is 0.204. The first-order valence-electron chi connectivity index (χ1n) is 15.6. The van der Waals surface area contributed by atoms with Crippen LogP contribution in [0.1, 0.15) is 22.3 Å². The lowest BCUT2D eigenvalue weighted by atomic mass is 9.65. The molecule has 0 radical (unpaired) electrons. The summed E-state index contributed by atoms with van der Waals surface area (Å²) in [5.74, 6) is 0. The van der Waals surface area contributed by atoms with Crippen LogP contribution in [0.3, 0.4) is 0 Å². The van der Waals surface area contributed by atoms with Crippen LogP contribution < -0.4 is 4.90 Å². The van der Waals surface area contributed by atoms with Gasteiger partial charge in [-0.25, -0.2) is 0 Å². The van der Waals surface area contributed by atoms with Crippen LogP contribution in [0, 0.1) is 0 Å². The summed E-state index contributed by atoms with van der Waals surface area (Å²) >= 11 is 0. The van der Waals surface area contributed by atoms with Crippen molar-refractivity contribution < 1.29 is 0 Å². The van der Waals surface area contributed by atoms with Crippen molar-refractivity contribution >= 4 is 38.9 Å². The molecule has 0 atom stereocenters. The Balaban J connectivity index is 1.32. The number of nitrogens with zero attached hydrogens (tertiary/aromatic N) is 2. The molecule has 0 N–H and O–H groups in total. The van der Waals surface area contributed by atoms with Crippen LogP contribution in [0.2, 0.25) is 0 Å². The van der Waals surface area contributed by atoms with Gasteiger partial charge in [0.2, 0.25) is 0 Å². The molecule has 0 saturated carbocycles. The van der Waals surface area contributed by atoms with Crippen molar-refractivity contribution in [3.8, 4) is 16.8 Å². The Kier molecular flexibility index (Phi) is 4.95. The predicted octanol–water partition coefficient (Wildman–Crippen LogP) is 10.9. The maximum Gasteiger partial charge on any atom is 0.0754 e. The van der Waals surface area contributed by atoms with Gasteiger partial charge < -0.3 is 9.47 Å². The summed E-state index contributed by atoms with van der Waals surface area (Å²) < 4.78 is 2.52. The van der Waals surface area contributed by atoms with Gasteiger partial charge in [0.1, 0.15) is 0 Å². The van der Waals surface area contributed by atoms with Gasteiger partial charge in [0.05, 0.1) is 22.1 Å². The Morgan fingerprint density at radius 1 is 0.400 bits per heavy atom. The molecular weight excluding hydrogens is 544 g/mol. The minimum atomic E-state index is -0.392. The van der Waals surface area contributed by atoms with E-state index in [1.54, 1.807) is 0 Å². The third kappa shape index (κ3) is 3.13. The summed E-state index contributed by atoms with van der Waals surface area (Å²) in [5.41, 5.74) is 14.9. The highest BCUT2D eigenvalue weighted by atomic mass is 15.1. The van der Waals surface area contributed by atoms with Crippen LogP contribution in [0.4, 0.5) is 17.1 Å². The maximum absolute atomic E-state index is 2.52. The summed E-state index contributed by atoms with van der Waals surface area (Å²) in [6.45, 7) is 0. The minimum absolute atomic E-state index is 0.392. The molecule has 0 fully saturated rings. The number of rotatable bonds is 3. The van der Waals surface area contributed by atoms with E-state index in [2.05, 4.69) is 179 Å². The van der Waals surface area contributed by atoms with Crippen molar-refractivity contribution in [2.24, 2.45) is 0 Å². The third-order valence-corrected chi connectivity index (χ3v) is 9.96. The fourth-order valence-electron chi connectivity index (χ4n) is 8.30. The molecular formula is C43H28N2. The molecule has 1 spiro atoms. The zero-order chi connectivity index (χ0) is 29.5. The number of hydrogen-bond donors (Lipinski definition) is 0. The molecule has 0 bridgehead atoms. The highest BCUT2D eigenvalue weighted by Gasteiger charge is 2.50. The first kappa shape index (κ1) is 24.6. The average molecular weight is 573 g/mol. The smallest absolute Gasteiger partial charge is 0.0754 e. The second kappa shape index (κ2) is 9.07. The monoisotopic (exact) mass is 572 g/mol. The van der Waals surface area contributed by atoms with Gasteiger partial charge in [0.25, 0.3) is 0 Å². The van der Waals surface area contributed by atoms with Gasteiger partial charge in [-0.2, -0.15) is 0 Å². The summed E-state index contributed by atoms with van der Waals surface area (Å²) in [6.07, 6.45) is 0. The highest BCUT2D eigenvalue weighted by Crippen LogP contribution is 2.60. The van der Waals surface area contributed by atoms with Gasteiger partial charge in [-0.1, -0.05) is 121 Å². The second-order valence-corrected chi connectivity index (χ2v) is 12.1. The number of anilines is 3. The number of para-hydroxylation sites is 4. The van der Waals surface area contributed by atoms with Crippen molar-refractivity contribution in [1.82, 2.24) is 4.57 Å². The summed E-state index contributed by atoms with van der Waals surface area (Å²) in [6, 6.07) is 62.3. The van der Waals surface area contributed by atoms with E-state index < -0.39 is 5.41 Å². The van der Waals surface area contributed by atoms with E-state index in [0.29, 0.717) is 0 Å². The van der Waals surface area contributed by atoms with Gasteiger partial charge in [-0.3, -0.25) is 0 Å². The third-order valence-electron chi connectivity index (χ3n) is 9.96. The molecule has 0 saturated heterocycles. The minimum Gasteiger partial charge on any atom is -0.310 e. The van der Waals surface area contributed by atoms with Gasteiger partial charge in [-0.15, -0.1) is 0 Å². The Hall–Kier alpha value is -5.86. The Bertz CT molecular complexity index is 2350. The van der Waals surface area contributed by atoms with Crippen molar-refractivity contribution in [3.63, 3.8) is 0 Å². The molecule has 1 aliphatic carbocycles. The maximum atomic E-state index is 2.52. The number of benzene rings is 7. The van der Waals surface area contributed by atoms with Gasteiger partial charge in [0.15, 0.2) is 0 Å². The summed E-state index contributed by atoms with van der Waals surface area (Å²) in [4.78, 5) is 2.35. The van der Waals surface area contributed by atoms with Crippen molar-refractivity contribution in [2.45, 2.75) is 5.41 Å². The van der Waals surface area contributed by atoms with E-state index in [0.717, 1.165) is 17.1 Å². The van der Waals surface area contributed by atoms with Crippen molar-refractivity contribution in [3.05, 3.63) is 192 Å². The molecule has 0 unspecified atom stereocenters. The molecule has 2 heteroatoms. The average Bonchev–Trinajstić information content (AvgIpc) is 3.60. The van der Waals surface area contributed by atoms with E-state index in [4.69, 9.17) is 0 Å². The normalized spacial score (nSPS) is 13.5. The van der Waals surface area contributed by atoms with Crippen LogP contribution in [-0.2, 0) is 5.41 Å². The van der Waals surface area contributed by atoms with Crippen LogP contribution in [-0.4, -0.2) is 4.57 Å². The largest absolute Gasteiger partial charge is 0.310 e. The van der Waals surface area contributed by atoms with E-state index >= 15 is 0 Å². The first-order valence-corrected chi connectivity index (χ1v) is 15.6. The molecule has 7 aromatic carbocycles. The van der Waals surface area contributed by atoms with Crippen LogP contribution >= 0.6 is 0 Å². The van der Waals surface area contributed by atoms with Gasteiger partial charge in [0, 0.05) is 27.8 Å². The molecule has 2 nitrogen and oxygen atoms in total. The van der Waals surface area contributed by atoms with E-state index in [1.807, 2.05) is 0 Å². The lowest BCUT2D eigenvalue weighted by Crippen LogP contribution is -2.33.